The first-order valence-corrected chi connectivity index (χ1v) is 5.74. The Kier molecular flexibility index (Phi) is 3.77. The second kappa shape index (κ2) is 4.69. The van der Waals surface area contributed by atoms with Gasteiger partial charge in [0.2, 0.25) is 0 Å². The van der Waals surface area contributed by atoms with Crippen molar-refractivity contribution in [3.63, 3.8) is 0 Å². The molecule has 15 heavy (non-hydrogen) atoms. The van der Waals surface area contributed by atoms with E-state index in [0.29, 0.717) is 11.8 Å². The summed E-state index contributed by atoms with van der Waals surface area (Å²) in [6.45, 7) is 8.82. The first kappa shape index (κ1) is 12.1. The van der Waals surface area contributed by atoms with Crippen LogP contribution in [0.5, 0.6) is 0 Å². The molecule has 3 nitrogen and oxygen atoms in total. The van der Waals surface area contributed by atoms with E-state index < -0.39 is 0 Å². The van der Waals surface area contributed by atoms with Crippen molar-refractivity contribution in [3.05, 3.63) is 11.3 Å². The fourth-order valence-corrected chi connectivity index (χ4v) is 1.85. The van der Waals surface area contributed by atoms with Crippen molar-refractivity contribution in [1.29, 1.82) is 0 Å². The molecule has 0 amide bonds. The minimum absolute atomic E-state index is 0.459. The van der Waals surface area contributed by atoms with Crippen LogP contribution < -0.4 is 5.73 Å². The number of rotatable bonds is 4. The quantitative estimate of drug-likeness (QED) is 0.828. The second-order valence-corrected chi connectivity index (χ2v) is 4.96. The van der Waals surface area contributed by atoms with Crippen LogP contribution in [0.2, 0.25) is 0 Å². The normalized spacial score (nSPS) is 11.7. The van der Waals surface area contributed by atoms with Crippen molar-refractivity contribution in [1.82, 2.24) is 9.78 Å². The highest BCUT2D eigenvalue weighted by molar-refractivity contribution is 5.45. The molecule has 0 aliphatic rings. The molecule has 0 aliphatic heterocycles. The summed E-state index contributed by atoms with van der Waals surface area (Å²) in [6.07, 6.45) is 2.21. The van der Waals surface area contributed by atoms with E-state index in [1.165, 1.54) is 17.7 Å². The molecule has 0 saturated carbocycles. The molecule has 0 aromatic carbocycles. The fraction of sp³-hybridized carbons (Fsp3) is 0.750. The lowest BCUT2D eigenvalue weighted by Gasteiger charge is -2.08. The monoisotopic (exact) mass is 209 g/mol. The molecule has 2 N–H and O–H groups in total. The zero-order chi connectivity index (χ0) is 11.6. The van der Waals surface area contributed by atoms with Gasteiger partial charge >= 0.3 is 0 Å². The number of nitrogen functional groups attached to an aromatic ring is 1. The topological polar surface area (TPSA) is 43.8 Å². The SMILES string of the molecule is CC(C)CCc1nn(C)c(N)c1C(C)C. The first-order valence-electron chi connectivity index (χ1n) is 5.74. The maximum Gasteiger partial charge on any atom is 0.125 e. The molecule has 1 aromatic rings. The highest BCUT2D eigenvalue weighted by Crippen LogP contribution is 2.26. The highest BCUT2D eigenvalue weighted by Gasteiger charge is 2.16. The van der Waals surface area contributed by atoms with Gasteiger partial charge in [-0.2, -0.15) is 5.10 Å². The minimum Gasteiger partial charge on any atom is -0.384 e. The number of nitrogens with two attached hydrogens (primary N) is 1. The van der Waals surface area contributed by atoms with Gasteiger partial charge in [-0.05, 0) is 24.7 Å². The summed E-state index contributed by atoms with van der Waals surface area (Å²) in [4.78, 5) is 0. The molecule has 0 unspecified atom stereocenters. The first-order chi connectivity index (χ1) is 6.93. The van der Waals surface area contributed by atoms with Gasteiger partial charge in [-0.1, -0.05) is 27.7 Å². The van der Waals surface area contributed by atoms with Crippen LogP contribution in [0, 0.1) is 5.92 Å². The smallest absolute Gasteiger partial charge is 0.125 e. The molecule has 0 aliphatic carbocycles. The number of hydrogen-bond acceptors (Lipinski definition) is 2. The van der Waals surface area contributed by atoms with Crippen molar-refractivity contribution in [2.45, 2.75) is 46.5 Å². The van der Waals surface area contributed by atoms with Crippen LogP contribution in [0.15, 0.2) is 0 Å². The number of aryl methyl sites for hydroxylation is 2. The average molecular weight is 209 g/mol. The summed E-state index contributed by atoms with van der Waals surface area (Å²) >= 11 is 0. The standard InChI is InChI=1S/C12H23N3/c1-8(2)6-7-10-11(9(3)4)12(13)15(5)14-10/h8-9H,6-7,13H2,1-5H3. The second-order valence-electron chi connectivity index (χ2n) is 4.96. The van der Waals surface area contributed by atoms with Gasteiger partial charge in [-0.25, -0.2) is 0 Å². The lowest BCUT2D eigenvalue weighted by molar-refractivity contribution is 0.574. The molecule has 0 spiro atoms. The Balaban J connectivity index is 2.91. The lowest BCUT2D eigenvalue weighted by atomic mass is 9.98. The van der Waals surface area contributed by atoms with Gasteiger partial charge in [0.05, 0.1) is 5.69 Å². The Bertz CT molecular complexity index is 324. The van der Waals surface area contributed by atoms with Gasteiger partial charge in [0.1, 0.15) is 5.82 Å². The summed E-state index contributed by atoms with van der Waals surface area (Å²) in [7, 11) is 1.92. The zero-order valence-electron chi connectivity index (χ0n) is 10.5. The predicted octanol–water partition coefficient (Wildman–Crippen LogP) is 2.71. The van der Waals surface area contributed by atoms with E-state index in [1.807, 2.05) is 7.05 Å². The molecular formula is C12H23N3. The Hall–Kier alpha value is -0.990. The Morgan fingerprint density at radius 1 is 1.27 bits per heavy atom. The molecule has 0 radical (unpaired) electrons. The fourth-order valence-electron chi connectivity index (χ4n) is 1.85. The van der Waals surface area contributed by atoms with Crippen LogP contribution in [0.1, 0.15) is 51.3 Å². The van der Waals surface area contributed by atoms with Crippen molar-refractivity contribution in [2.75, 3.05) is 5.73 Å². The maximum atomic E-state index is 6.01. The highest BCUT2D eigenvalue weighted by atomic mass is 15.3. The number of aromatic nitrogens is 2. The summed E-state index contributed by atoms with van der Waals surface area (Å²) in [6, 6.07) is 0. The Morgan fingerprint density at radius 2 is 1.87 bits per heavy atom. The van der Waals surface area contributed by atoms with Crippen molar-refractivity contribution in [2.24, 2.45) is 13.0 Å². The summed E-state index contributed by atoms with van der Waals surface area (Å²) in [5.41, 5.74) is 8.42. The van der Waals surface area contributed by atoms with Gasteiger partial charge in [0, 0.05) is 12.6 Å². The van der Waals surface area contributed by atoms with Crippen LogP contribution in [-0.2, 0) is 13.5 Å². The third-order valence-corrected chi connectivity index (χ3v) is 2.74. The largest absolute Gasteiger partial charge is 0.384 e. The maximum absolute atomic E-state index is 6.01. The molecule has 1 rings (SSSR count). The van der Waals surface area contributed by atoms with Crippen molar-refractivity contribution >= 4 is 5.82 Å². The summed E-state index contributed by atoms with van der Waals surface area (Å²) < 4.78 is 1.80. The molecule has 0 atom stereocenters. The van der Waals surface area contributed by atoms with Gasteiger partial charge in [0.25, 0.3) is 0 Å². The van der Waals surface area contributed by atoms with Crippen LogP contribution >= 0.6 is 0 Å². The third-order valence-electron chi connectivity index (χ3n) is 2.74. The molecule has 1 heterocycles. The van der Waals surface area contributed by atoms with E-state index in [4.69, 9.17) is 5.73 Å². The van der Waals surface area contributed by atoms with E-state index in [1.54, 1.807) is 4.68 Å². The van der Waals surface area contributed by atoms with Gasteiger partial charge in [0.15, 0.2) is 0 Å². The molecular weight excluding hydrogens is 186 g/mol. The minimum atomic E-state index is 0.459. The summed E-state index contributed by atoms with van der Waals surface area (Å²) in [5, 5.41) is 4.50. The van der Waals surface area contributed by atoms with Crippen LogP contribution in [-0.4, -0.2) is 9.78 Å². The number of anilines is 1. The van der Waals surface area contributed by atoms with Gasteiger partial charge in [-0.3, -0.25) is 4.68 Å². The predicted molar refractivity (Wildman–Crippen MR) is 64.9 cm³/mol. The van der Waals surface area contributed by atoms with Crippen molar-refractivity contribution < 1.29 is 0 Å². The Morgan fingerprint density at radius 3 is 2.33 bits per heavy atom. The van der Waals surface area contributed by atoms with Crippen LogP contribution in [0.4, 0.5) is 5.82 Å². The third kappa shape index (κ3) is 2.74. The van der Waals surface area contributed by atoms with E-state index in [0.717, 1.165) is 12.2 Å². The molecule has 1 aromatic heterocycles. The summed E-state index contributed by atoms with van der Waals surface area (Å²) in [5.74, 6) is 2.00. The van der Waals surface area contributed by atoms with Gasteiger partial charge < -0.3 is 5.73 Å². The zero-order valence-corrected chi connectivity index (χ0v) is 10.5. The Labute approximate surface area is 92.7 Å². The lowest BCUT2D eigenvalue weighted by Crippen LogP contribution is -2.00. The van der Waals surface area contributed by atoms with Gasteiger partial charge in [-0.15, -0.1) is 0 Å². The van der Waals surface area contributed by atoms with E-state index in [-0.39, 0.29) is 0 Å². The van der Waals surface area contributed by atoms with Crippen molar-refractivity contribution in [3.8, 4) is 0 Å². The van der Waals surface area contributed by atoms with E-state index in [2.05, 4.69) is 32.8 Å². The molecule has 0 fully saturated rings. The van der Waals surface area contributed by atoms with E-state index >= 15 is 0 Å². The molecule has 86 valence electrons. The van der Waals surface area contributed by atoms with Crippen LogP contribution in [0.25, 0.3) is 0 Å². The molecule has 0 bridgehead atoms. The average Bonchev–Trinajstić information content (AvgIpc) is 2.39. The number of hydrogen-bond donors (Lipinski definition) is 1. The molecule has 0 saturated heterocycles. The molecule has 3 heteroatoms. The number of nitrogens with zero attached hydrogens (tertiary/aromatic N) is 2. The van der Waals surface area contributed by atoms with E-state index in [9.17, 15) is 0 Å². The van der Waals surface area contributed by atoms with Crippen LogP contribution in [0.3, 0.4) is 0 Å².